The molecule has 0 bridgehead atoms. The standard InChI is InChI=1S/C11H18ClNO6P2S/c1-13-11(20(14,15)16,21(17,18)19)7-2-8-22-10-5-3-9(12)4-6-10/h3-6,13H,2,7-8H2,1H3,(H2,14,15,16)(H2,17,18,19). The van der Waals surface area contributed by atoms with Gasteiger partial charge in [0, 0.05) is 9.92 Å². The maximum atomic E-state index is 11.6. The van der Waals surface area contributed by atoms with Gasteiger partial charge in [-0.15, -0.1) is 11.8 Å². The van der Waals surface area contributed by atoms with Crippen LogP contribution in [-0.2, 0) is 9.13 Å². The molecular formula is C11H18ClNO6P2S. The fourth-order valence-corrected chi connectivity index (χ4v) is 5.73. The van der Waals surface area contributed by atoms with Crippen molar-refractivity contribution in [1.29, 1.82) is 0 Å². The number of nitrogens with one attached hydrogen (secondary N) is 1. The monoisotopic (exact) mass is 389 g/mol. The Morgan fingerprint density at radius 3 is 2.05 bits per heavy atom. The summed E-state index contributed by atoms with van der Waals surface area (Å²) in [7, 11) is -8.97. The lowest BCUT2D eigenvalue weighted by atomic mass is 10.3. The van der Waals surface area contributed by atoms with Gasteiger partial charge in [-0.3, -0.25) is 14.4 Å². The van der Waals surface area contributed by atoms with Crippen molar-refractivity contribution in [2.75, 3.05) is 12.8 Å². The third kappa shape index (κ3) is 4.81. The van der Waals surface area contributed by atoms with Crippen molar-refractivity contribution in [3.63, 3.8) is 0 Å². The van der Waals surface area contributed by atoms with Crippen LogP contribution in [0.25, 0.3) is 0 Å². The first-order valence-electron chi connectivity index (χ1n) is 6.22. The minimum Gasteiger partial charge on any atom is -0.323 e. The van der Waals surface area contributed by atoms with Crippen LogP contribution in [0, 0.1) is 0 Å². The topological polar surface area (TPSA) is 127 Å². The molecule has 0 spiro atoms. The van der Waals surface area contributed by atoms with Crippen LogP contribution < -0.4 is 5.32 Å². The van der Waals surface area contributed by atoms with Crippen molar-refractivity contribution in [2.45, 2.75) is 22.8 Å². The van der Waals surface area contributed by atoms with E-state index in [0.29, 0.717) is 10.8 Å². The number of benzene rings is 1. The predicted octanol–water partition coefficient (Wildman–Crippen LogP) is 2.44. The van der Waals surface area contributed by atoms with Gasteiger partial charge in [0.15, 0.2) is 0 Å². The van der Waals surface area contributed by atoms with E-state index in [1.807, 2.05) is 0 Å². The highest BCUT2D eigenvalue weighted by molar-refractivity contribution is 7.99. The molecule has 22 heavy (non-hydrogen) atoms. The van der Waals surface area contributed by atoms with Crippen LogP contribution >= 0.6 is 38.6 Å². The second-order valence-corrected chi connectivity index (χ2v) is 10.2. The second-order valence-electron chi connectivity index (χ2n) is 4.56. The number of hydrogen-bond acceptors (Lipinski definition) is 4. The summed E-state index contributed by atoms with van der Waals surface area (Å²) in [6.07, 6.45) is -0.136. The molecule has 0 aromatic heterocycles. The van der Waals surface area contributed by atoms with Gasteiger partial charge in [-0.05, 0) is 49.9 Å². The van der Waals surface area contributed by atoms with Gasteiger partial charge in [0.1, 0.15) is 0 Å². The summed E-state index contributed by atoms with van der Waals surface area (Å²) in [6.45, 7) is 0. The first-order chi connectivity index (χ1) is 10.0. The van der Waals surface area contributed by atoms with Gasteiger partial charge < -0.3 is 19.6 Å². The lowest BCUT2D eigenvalue weighted by Gasteiger charge is -2.34. The minimum atomic E-state index is -5.05. The molecule has 5 N–H and O–H groups in total. The van der Waals surface area contributed by atoms with Crippen molar-refractivity contribution in [3.8, 4) is 0 Å². The van der Waals surface area contributed by atoms with E-state index in [0.717, 1.165) is 11.9 Å². The van der Waals surface area contributed by atoms with Crippen LogP contribution in [0.5, 0.6) is 0 Å². The summed E-state index contributed by atoms with van der Waals surface area (Å²) in [6, 6.07) is 7.02. The molecule has 1 aromatic carbocycles. The molecule has 0 radical (unpaired) electrons. The molecule has 1 rings (SSSR count). The van der Waals surface area contributed by atoms with Gasteiger partial charge in [0.2, 0.25) is 5.02 Å². The fourth-order valence-electron chi connectivity index (χ4n) is 1.92. The molecule has 0 aliphatic carbocycles. The summed E-state index contributed by atoms with van der Waals surface area (Å²) in [4.78, 5) is 38.3. The SMILES string of the molecule is CNC(CCCSc1ccc(Cl)cc1)(P(=O)(O)O)P(=O)(O)O. The molecule has 0 aliphatic rings. The Balaban J connectivity index is 2.71. The maximum absolute atomic E-state index is 11.6. The molecule has 11 heteroatoms. The predicted molar refractivity (Wildman–Crippen MR) is 87.3 cm³/mol. The Labute approximate surface area is 137 Å². The molecule has 7 nitrogen and oxygen atoms in total. The average molecular weight is 390 g/mol. The molecule has 0 aliphatic heterocycles. The molecule has 126 valence electrons. The van der Waals surface area contributed by atoms with Gasteiger partial charge in [0.05, 0.1) is 0 Å². The Kier molecular flexibility index (Phi) is 7.14. The highest BCUT2D eigenvalue weighted by Gasteiger charge is 2.58. The van der Waals surface area contributed by atoms with E-state index in [9.17, 15) is 28.7 Å². The van der Waals surface area contributed by atoms with Crippen LogP contribution in [0.4, 0.5) is 0 Å². The molecule has 0 atom stereocenters. The largest absolute Gasteiger partial charge is 0.357 e. The van der Waals surface area contributed by atoms with E-state index in [1.165, 1.54) is 11.8 Å². The Bertz CT molecular complexity index is 565. The molecule has 0 saturated carbocycles. The van der Waals surface area contributed by atoms with E-state index < -0.39 is 20.2 Å². The zero-order chi connectivity index (χ0) is 17.0. The van der Waals surface area contributed by atoms with Crippen molar-refractivity contribution < 1.29 is 28.7 Å². The van der Waals surface area contributed by atoms with Crippen LogP contribution in [0.15, 0.2) is 29.2 Å². The lowest BCUT2D eigenvalue weighted by molar-refractivity contribution is 0.286. The third-order valence-electron chi connectivity index (χ3n) is 3.12. The van der Waals surface area contributed by atoms with E-state index in [4.69, 9.17) is 11.6 Å². The quantitative estimate of drug-likeness (QED) is 0.260. The Hall–Kier alpha value is 0.120. The zero-order valence-electron chi connectivity index (χ0n) is 11.7. The number of hydrogen-bond donors (Lipinski definition) is 5. The van der Waals surface area contributed by atoms with Gasteiger partial charge in [-0.2, -0.15) is 0 Å². The maximum Gasteiger partial charge on any atom is 0.357 e. The van der Waals surface area contributed by atoms with Crippen molar-refractivity contribution in [3.05, 3.63) is 29.3 Å². The minimum absolute atomic E-state index is 0.213. The smallest absolute Gasteiger partial charge is 0.323 e. The summed E-state index contributed by atoms with van der Waals surface area (Å²) >= 11 is 7.17. The third-order valence-corrected chi connectivity index (χ3v) is 8.85. The fraction of sp³-hybridized carbons (Fsp3) is 0.455. The lowest BCUT2D eigenvalue weighted by Crippen LogP contribution is -2.42. The van der Waals surface area contributed by atoms with Gasteiger partial charge in [-0.25, -0.2) is 0 Å². The van der Waals surface area contributed by atoms with E-state index in [1.54, 1.807) is 24.3 Å². The molecule has 0 fully saturated rings. The van der Waals surface area contributed by atoms with E-state index >= 15 is 0 Å². The van der Waals surface area contributed by atoms with Crippen molar-refractivity contribution in [2.24, 2.45) is 0 Å². The van der Waals surface area contributed by atoms with Crippen LogP contribution in [0.3, 0.4) is 0 Å². The van der Waals surface area contributed by atoms with Gasteiger partial charge in [0.25, 0.3) is 0 Å². The summed E-state index contributed by atoms with van der Waals surface area (Å²) < 4.78 is 23.1. The Morgan fingerprint density at radius 1 is 1.14 bits per heavy atom. The van der Waals surface area contributed by atoms with Crippen LogP contribution in [0.2, 0.25) is 5.02 Å². The zero-order valence-corrected chi connectivity index (χ0v) is 15.1. The molecule has 0 amide bonds. The number of rotatable bonds is 8. The first kappa shape index (κ1) is 20.2. The summed E-state index contributed by atoms with van der Waals surface area (Å²) in [5.41, 5.74) is 0. The van der Waals surface area contributed by atoms with Crippen molar-refractivity contribution >= 4 is 38.6 Å². The van der Waals surface area contributed by atoms with E-state index in [2.05, 4.69) is 5.32 Å². The highest BCUT2D eigenvalue weighted by atomic mass is 35.5. The highest BCUT2D eigenvalue weighted by Crippen LogP contribution is 2.69. The molecule has 1 aromatic rings. The first-order valence-corrected chi connectivity index (χ1v) is 10.8. The van der Waals surface area contributed by atoms with Gasteiger partial charge >= 0.3 is 15.2 Å². The second kappa shape index (κ2) is 7.79. The molecule has 0 saturated heterocycles. The van der Waals surface area contributed by atoms with Crippen LogP contribution in [-0.4, -0.2) is 37.4 Å². The van der Waals surface area contributed by atoms with Crippen molar-refractivity contribution in [1.82, 2.24) is 5.32 Å². The van der Waals surface area contributed by atoms with Gasteiger partial charge in [-0.1, -0.05) is 11.6 Å². The molecular weight excluding hydrogens is 372 g/mol. The molecule has 0 unspecified atom stereocenters. The van der Waals surface area contributed by atoms with E-state index in [-0.39, 0.29) is 12.8 Å². The Morgan fingerprint density at radius 2 is 1.64 bits per heavy atom. The number of halogens is 1. The average Bonchev–Trinajstić information content (AvgIpc) is 2.38. The van der Waals surface area contributed by atoms with Crippen LogP contribution in [0.1, 0.15) is 12.8 Å². The summed E-state index contributed by atoms with van der Waals surface area (Å²) in [5, 5.41) is 0.206. The summed E-state index contributed by atoms with van der Waals surface area (Å²) in [5.74, 6) is 0.449. The normalized spacial score (nSPS) is 13.4. The number of thioether (sulfide) groups is 1. The molecule has 0 heterocycles.